The van der Waals surface area contributed by atoms with Gasteiger partial charge in [-0.3, -0.25) is 9.59 Å². The number of ether oxygens (including phenoxy) is 1. The molecule has 0 spiro atoms. The largest absolute Gasteiger partial charge is 0.493 e. The summed E-state index contributed by atoms with van der Waals surface area (Å²) in [4.78, 5) is 28.3. The van der Waals surface area contributed by atoms with Gasteiger partial charge in [-0.1, -0.05) is 37.5 Å². The van der Waals surface area contributed by atoms with E-state index >= 15 is 0 Å². The lowest BCUT2D eigenvalue weighted by Crippen LogP contribution is -2.16. The van der Waals surface area contributed by atoms with E-state index in [2.05, 4.69) is 4.98 Å². The molecule has 0 aliphatic heterocycles. The number of aromatic amines is 1. The number of hydrogen-bond donors (Lipinski definition) is 1. The van der Waals surface area contributed by atoms with E-state index in [-0.39, 0.29) is 0 Å². The highest BCUT2D eigenvalue weighted by Crippen LogP contribution is 2.25. The fourth-order valence-electron chi connectivity index (χ4n) is 3.78. The van der Waals surface area contributed by atoms with Crippen LogP contribution in [0.2, 0.25) is 0 Å². The van der Waals surface area contributed by atoms with E-state index in [1.807, 2.05) is 24.3 Å². The normalized spacial score (nSPS) is 15.0. The van der Waals surface area contributed by atoms with Gasteiger partial charge in [-0.2, -0.15) is 0 Å². The van der Waals surface area contributed by atoms with Crippen molar-refractivity contribution in [3.63, 3.8) is 0 Å². The molecule has 3 aromatic rings. The maximum atomic E-state index is 12.6. The molecule has 2 aromatic carbocycles. The number of para-hydroxylation sites is 1. The summed E-state index contributed by atoms with van der Waals surface area (Å²) in [5, 5.41) is 0.767. The average molecular weight is 361 g/mol. The zero-order valence-electron chi connectivity index (χ0n) is 15.2. The van der Waals surface area contributed by atoms with Gasteiger partial charge in [0.1, 0.15) is 5.75 Å². The van der Waals surface area contributed by atoms with Gasteiger partial charge in [0.2, 0.25) is 11.6 Å². The number of fused-ring (bicyclic) bond motifs is 1. The number of ketones is 2. The third kappa shape index (κ3) is 3.80. The van der Waals surface area contributed by atoms with Crippen LogP contribution in [-0.4, -0.2) is 23.2 Å². The van der Waals surface area contributed by atoms with Crippen molar-refractivity contribution in [2.75, 3.05) is 6.61 Å². The molecule has 1 heterocycles. The van der Waals surface area contributed by atoms with Crippen LogP contribution in [-0.2, 0) is 0 Å². The Morgan fingerprint density at radius 1 is 0.926 bits per heavy atom. The summed E-state index contributed by atoms with van der Waals surface area (Å²) in [6.45, 7) is 0.724. The quantitative estimate of drug-likeness (QED) is 0.485. The van der Waals surface area contributed by atoms with Gasteiger partial charge in [0, 0.05) is 22.7 Å². The lowest BCUT2D eigenvalue weighted by molar-refractivity contribution is 0.0818. The van der Waals surface area contributed by atoms with E-state index in [1.165, 1.54) is 32.1 Å². The molecule has 0 radical (unpaired) electrons. The maximum absolute atomic E-state index is 12.6. The van der Waals surface area contributed by atoms with Crippen LogP contribution in [0.1, 0.15) is 52.8 Å². The highest BCUT2D eigenvalue weighted by Gasteiger charge is 2.21. The zero-order valence-corrected chi connectivity index (χ0v) is 15.2. The summed E-state index contributed by atoms with van der Waals surface area (Å²) >= 11 is 0. The molecule has 1 aliphatic rings. The molecular formula is C23H23NO3. The Kier molecular flexibility index (Phi) is 5.05. The minimum absolute atomic E-state index is 0.385. The third-order valence-corrected chi connectivity index (χ3v) is 5.37. The van der Waals surface area contributed by atoms with E-state index in [0.717, 1.165) is 23.3 Å². The monoisotopic (exact) mass is 361 g/mol. The fraction of sp³-hybridized carbons (Fsp3) is 0.304. The van der Waals surface area contributed by atoms with Crippen molar-refractivity contribution in [2.24, 2.45) is 5.92 Å². The first kappa shape index (κ1) is 17.5. The van der Waals surface area contributed by atoms with Gasteiger partial charge in [0.05, 0.1) is 12.2 Å². The Balaban J connectivity index is 1.43. The molecule has 1 saturated carbocycles. The van der Waals surface area contributed by atoms with Crippen LogP contribution in [0.25, 0.3) is 10.9 Å². The second kappa shape index (κ2) is 7.78. The number of H-pyrrole nitrogens is 1. The highest BCUT2D eigenvalue weighted by molar-refractivity contribution is 6.50. The summed E-state index contributed by atoms with van der Waals surface area (Å²) < 4.78 is 5.87. The topological polar surface area (TPSA) is 59.2 Å². The molecule has 1 aliphatic carbocycles. The van der Waals surface area contributed by atoms with Gasteiger partial charge in [-0.05, 0) is 49.1 Å². The van der Waals surface area contributed by atoms with Gasteiger partial charge < -0.3 is 9.72 Å². The molecule has 27 heavy (non-hydrogen) atoms. The molecule has 0 amide bonds. The van der Waals surface area contributed by atoms with Gasteiger partial charge in [0.15, 0.2) is 0 Å². The van der Waals surface area contributed by atoms with Crippen LogP contribution < -0.4 is 4.74 Å². The van der Waals surface area contributed by atoms with Crippen LogP contribution in [0, 0.1) is 5.92 Å². The Hall–Kier alpha value is -2.88. The van der Waals surface area contributed by atoms with E-state index in [1.54, 1.807) is 30.5 Å². The van der Waals surface area contributed by atoms with Crippen molar-refractivity contribution in [2.45, 2.75) is 32.1 Å². The van der Waals surface area contributed by atoms with E-state index in [0.29, 0.717) is 17.0 Å². The van der Waals surface area contributed by atoms with Crippen LogP contribution >= 0.6 is 0 Å². The van der Waals surface area contributed by atoms with Crippen LogP contribution in [0.15, 0.2) is 54.7 Å². The summed E-state index contributed by atoms with van der Waals surface area (Å²) in [5.41, 5.74) is 1.64. The predicted molar refractivity (Wildman–Crippen MR) is 105 cm³/mol. The van der Waals surface area contributed by atoms with Crippen molar-refractivity contribution in [1.82, 2.24) is 4.98 Å². The second-order valence-electron chi connectivity index (χ2n) is 7.25. The molecule has 0 saturated heterocycles. The SMILES string of the molecule is O=C(C(=O)c1c[nH]c2ccccc12)c1ccc(OCC2CCCCC2)cc1. The van der Waals surface area contributed by atoms with E-state index < -0.39 is 11.6 Å². The van der Waals surface area contributed by atoms with Gasteiger partial charge >= 0.3 is 0 Å². The number of Topliss-reactive ketones (excluding diaryl/α,β-unsaturated/α-hetero) is 2. The van der Waals surface area contributed by atoms with E-state index in [4.69, 9.17) is 4.74 Å². The number of carbonyl (C=O) groups is 2. The van der Waals surface area contributed by atoms with Crippen molar-refractivity contribution in [3.05, 3.63) is 65.9 Å². The Bertz CT molecular complexity index is 949. The lowest BCUT2D eigenvalue weighted by Gasteiger charge is -2.21. The lowest BCUT2D eigenvalue weighted by atomic mass is 9.90. The second-order valence-corrected chi connectivity index (χ2v) is 7.25. The van der Waals surface area contributed by atoms with Crippen molar-refractivity contribution >= 4 is 22.5 Å². The molecule has 0 bridgehead atoms. The van der Waals surface area contributed by atoms with Crippen molar-refractivity contribution in [3.8, 4) is 5.75 Å². The number of benzene rings is 2. The molecule has 1 aromatic heterocycles. The summed E-state index contributed by atoms with van der Waals surface area (Å²) in [6.07, 6.45) is 7.98. The Morgan fingerprint density at radius 3 is 2.44 bits per heavy atom. The van der Waals surface area contributed by atoms with Crippen molar-refractivity contribution in [1.29, 1.82) is 0 Å². The fourth-order valence-corrected chi connectivity index (χ4v) is 3.78. The Morgan fingerprint density at radius 2 is 1.67 bits per heavy atom. The molecule has 4 rings (SSSR count). The number of aromatic nitrogens is 1. The molecule has 138 valence electrons. The number of hydrogen-bond acceptors (Lipinski definition) is 3. The van der Waals surface area contributed by atoms with Gasteiger partial charge in [0.25, 0.3) is 0 Å². The third-order valence-electron chi connectivity index (χ3n) is 5.37. The first-order valence-corrected chi connectivity index (χ1v) is 9.60. The number of nitrogens with one attached hydrogen (secondary N) is 1. The molecule has 1 fully saturated rings. The van der Waals surface area contributed by atoms with Crippen LogP contribution in [0.4, 0.5) is 0 Å². The maximum Gasteiger partial charge on any atom is 0.235 e. The Labute approximate surface area is 158 Å². The molecule has 4 nitrogen and oxygen atoms in total. The van der Waals surface area contributed by atoms with Crippen LogP contribution in [0.5, 0.6) is 5.75 Å². The first-order chi connectivity index (χ1) is 13.2. The highest BCUT2D eigenvalue weighted by atomic mass is 16.5. The average Bonchev–Trinajstić information content (AvgIpc) is 3.16. The summed E-state index contributed by atoms with van der Waals surface area (Å²) in [6, 6.07) is 14.4. The number of carbonyl (C=O) groups excluding carboxylic acids is 2. The zero-order chi connectivity index (χ0) is 18.6. The molecule has 4 heteroatoms. The van der Waals surface area contributed by atoms with Crippen LogP contribution in [0.3, 0.4) is 0 Å². The summed E-state index contributed by atoms with van der Waals surface area (Å²) in [7, 11) is 0. The molecule has 0 atom stereocenters. The van der Waals surface area contributed by atoms with Crippen molar-refractivity contribution < 1.29 is 14.3 Å². The van der Waals surface area contributed by atoms with Gasteiger partial charge in [-0.15, -0.1) is 0 Å². The standard InChI is InChI=1S/C23H23NO3/c25-22(23(26)20-14-24-21-9-5-4-8-19(20)21)17-10-12-18(13-11-17)27-15-16-6-2-1-3-7-16/h4-5,8-14,16,24H,1-3,6-7,15H2. The minimum Gasteiger partial charge on any atom is -0.493 e. The van der Waals surface area contributed by atoms with E-state index in [9.17, 15) is 9.59 Å². The molecule has 0 unspecified atom stereocenters. The smallest absolute Gasteiger partial charge is 0.235 e. The molecule has 1 N–H and O–H groups in total. The molecular weight excluding hydrogens is 338 g/mol. The number of rotatable bonds is 6. The predicted octanol–water partition coefficient (Wildman–Crippen LogP) is 5.19. The first-order valence-electron chi connectivity index (χ1n) is 9.60. The summed E-state index contributed by atoms with van der Waals surface area (Å²) in [5.74, 6) is 0.377. The van der Waals surface area contributed by atoms with Gasteiger partial charge in [-0.25, -0.2) is 0 Å². The minimum atomic E-state index is -0.501.